The van der Waals surface area contributed by atoms with Crippen molar-refractivity contribution in [2.24, 2.45) is 0 Å². The van der Waals surface area contributed by atoms with Crippen LogP contribution in [-0.2, 0) is 19.6 Å². The molecule has 102 valence electrons. The first-order valence-corrected chi connectivity index (χ1v) is 6.28. The fourth-order valence-electron chi connectivity index (χ4n) is 2.00. The molecule has 1 heterocycles. The minimum atomic E-state index is -0.816. The van der Waals surface area contributed by atoms with Crippen molar-refractivity contribution in [1.29, 1.82) is 0 Å². The minimum absolute atomic E-state index is 0.491. The average Bonchev–Trinajstić information content (AvgIpc) is 2.74. The monoisotopic (exact) mass is 265 g/mol. The minimum Gasteiger partial charge on any atom is -0.307 e. The van der Waals surface area contributed by atoms with E-state index in [-0.39, 0.29) is 0 Å². The molecule has 0 unspecified atom stereocenters. The highest BCUT2D eigenvalue weighted by Gasteiger charge is 2.05. The van der Waals surface area contributed by atoms with Gasteiger partial charge in [-0.3, -0.25) is 4.68 Å². The summed E-state index contributed by atoms with van der Waals surface area (Å²) >= 11 is 0. The molecule has 1 aromatic heterocycles. The van der Waals surface area contributed by atoms with Crippen LogP contribution in [0, 0.1) is 18.6 Å². The largest absolute Gasteiger partial charge is 0.307 e. The van der Waals surface area contributed by atoms with Gasteiger partial charge in [-0.2, -0.15) is 5.10 Å². The standard InChI is InChI=1S/C14H17F2N3/c1-3-19-12(6-10(2)18-19)9-17-8-11-4-5-13(15)14(16)7-11/h4-7,17H,3,8-9H2,1-2H3. The van der Waals surface area contributed by atoms with E-state index in [2.05, 4.69) is 10.4 Å². The van der Waals surface area contributed by atoms with Crippen LogP contribution < -0.4 is 5.32 Å². The number of halogens is 2. The molecule has 3 nitrogen and oxygen atoms in total. The predicted molar refractivity (Wildman–Crippen MR) is 69.5 cm³/mol. The number of rotatable bonds is 5. The van der Waals surface area contributed by atoms with Crippen LogP contribution in [0.4, 0.5) is 8.78 Å². The van der Waals surface area contributed by atoms with E-state index in [1.165, 1.54) is 6.07 Å². The SMILES string of the molecule is CCn1nc(C)cc1CNCc1ccc(F)c(F)c1. The molecule has 0 amide bonds. The second kappa shape index (κ2) is 5.93. The number of aromatic nitrogens is 2. The van der Waals surface area contributed by atoms with E-state index in [4.69, 9.17) is 0 Å². The molecule has 0 aliphatic heterocycles. The highest BCUT2D eigenvalue weighted by atomic mass is 19.2. The Morgan fingerprint density at radius 1 is 1.16 bits per heavy atom. The van der Waals surface area contributed by atoms with Crippen LogP contribution in [0.3, 0.4) is 0 Å². The van der Waals surface area contributed by atoms with Crippen LogP contribution in [0.1, 0.15) is 23.9 Å². The van der Waals surface area contributed by atoms with E-state index in [9.17, 15) is 8.78 Å². The average molecular weight is 265 g/mol. The molecule has 0 spiro atoms. The molecule has 0 radical (unpaired) electrons. The van der Waals surface area contributed by atoms with Gasteiger partial charge in [-0.05, 0) is 37.6 Å². The van der Waals surface area contributed by atoms with Gasteiger partial charge in [-0.25, -0.2) is 8.78 Å². The maximum atomic E-state index is 13.0. The predicted octanol–water partition coefficient (Wildman–Crippen LogP) is 2.78. The van der Waals surface area contributed by atoms with Gasteiger partial charge >= 0.3 is 0 Å². The molecule has 5 heteroatoms. The van der Waals surface area contributed by atoms with Crippen molar-refractivity contribution in [3.63, 3.8) is 0 Å². The first-order valence-electron chi connectivity index (χ1n) is 6.28. The Balaban J connectivity index is 1.94. The summed E-state index contributed by atoms with van der Waals surface area (Å²) < 4.78 is 27.7. The molecule has 0 bridgehead atoms. The number of nitrogens with one attached hydrogen (secondary N) is 1. The number of hydrogen-bond acceptors (Lipinski definition) is 2. The summed E-state index contributed by atoms with van der Waals surface area (Å²) in [6, 6.07) is 5.95. The van der Waals surface area contributed by atoms with Crippen LogP contribution in [-0.4, -0.2) is 9.78 Å². The summed E-state index contributed by atoms with van der Waals surface area (Å²) in [7, 11) is 0. The summed E-state index contributed by atoms with van der Waals surface area (Å²) in [6.07, 6.45) is 0. The second-order valence-electron chi connectivity index (χ2n) is 4.44. The molecule has 0 fully saturated rings. The van der Waals surface area contributed by atoms with Crippen LogP contribution >= 0.6 is 0 Å². The van der Waals surface area contributed by atoms with Crippen molar-refractivity contribution in [2.45, 2.75) is 33.5 Å². The number of benzene rings is 1. The van der Waals surface area contributed by atoms with Crippen molar-refractivity contribution in [2.75, 3.05) is 0 Å². The van der Waals surface area contributed by atoms with Crippen LogP contribution in [0.15, 0.2) is 24.3 Å². The maximum absolute atomic E-state index is 13.0. The molecule has 1 aromatic carbocycles. The first-order chi connectivity index (χ1) is 9.10. The van der Waals surface area contributed by atoms with Crippen LogP contribution in [0.25, 0.3) is 0 Å². The Bertz CT molecular complexity index is 564. The highest BCUT2D eigenvalue weighted by molar-refractivity contribution is 5.17. The molecule has 1 N–H and O–H groups in total. The Hall–Kier alpha value is -1.75. The van der Waals surface area contributed by atoms with E-state index in [1.807, 2.05) is 24.6 Å². The van der Waals surface area contributed by atoms with Gasteiger partial charge in [0, 0.05) is 19.6 Å². The van der Waals surface area contributed by atoms with Crippen molar-refractivity contribution >= 4 is 0 Å². The lowest BCUT2D eigenvalue weighted by Crippen LogP contribution is -2.16. The zero-order valence-electron chi connectivity index (χ0n) is 11.1. The Morgan fingerprint density at radius 3 is 2.63 bits per heavy atom. The van der Waals surface area contributed by atoms with Crippen molar-refractivity contribution in [3.05, 3.63) is 52.9 Å². The second-order valence-corrected chi connectivity index (χ2v) is 4.44. The lowest BCUT2D eigenvalue weighted by atomic mass is 10.2. The summed E-state index contributed by atoms with van der Waals surface area (Å²) in [4.78, 5) is 0. The molecular formula is C14H17F2N3. The Kier molecular flexibility index (Phi) is 4.27. The zero-order valence-corrected chi connectivity index (χ0v) is 11.1. The maximum Gasteiger partial charge on any atom is 0.159 e. The quantitative estimate of drug-likeness (QED) is 0.901. The summed E-state index contributed by atoms with van der Waals surface area (Å²) in [5.41, 5.74) is 2.78. The van der Waals surface area contributed by atoms with Gasteiger partial charge in [0.1, 0.15) is 0 Å². The summed E-state index contributed by atoms with van der Waals surface area (Å²) in [5.74, 6) is -1.63. The van der Waals surface area contributed by atoms with Crippen LogP contribution in [0.5, 0.6) is 0 Å². The fraction of sp³-hybridized carbons (Fsp3) is 0.357. The molecule has 0 saturated carbocycles. The third kappa shape index (κ3) is 3.38. The molecule has 0 saturated heterocycles. The summed E-state index contributed by atoms with van der Waals surface area (Å²) in [5, 5.41) is 7.55. The van der Waals surface area contributed by atoms with E-state index >= 15 is 0 Å². The van der Waals surface area contributed by atoms with Crippen LogP contribution in [0.2, 0.25) is 0 Å². The fourth-order valence-corrected chi connectivity index (χ4v) is 2.00. The van der Waals surface area contributed by atoms with Gasteiger partial charge in [-0.1, -0.05) is 6.07 Å². The van der Waals surface area contributed by atoms with E-state index in [0.29, 0.717) is 13.1 Å². The molecular weight excluding hydrogens is 248 g/mol. The normalized spacial score (nSPS) is 10.9. The lowest BCUT2D eigenvalue weighted by Gasteiger charge is -2.07. The van der Waals surface area contributed by atoms with Gasteiger partial charge in [0.15, 0.2) is 11.6 Å². The van der Waals surface area contributed by atoms with Crippen molar-refractivity contribution in [1.82, 2.24) is 15.1 Å². The smallest absolute Gasteiger partial charge is 0.159 e. The highest BCUT2D eigenvalue weighted by Crippen LogP contribution is 2.09. The lowest BCUT2D eigenvalue weighted by molar-refractivity contribution is 0.505. The van der Waals surface area contributed by atoms with Gasteiger partial charge in [0.05, 0.1) is 11.4 Å². The van der Waals surface area contributed by atoms with Gasteiger partial charge in [0.2, 0.25) is 0 Å². The Labute approximate surface area is 111 Å². The number of hydrogen-bond donors (Lipinski definition) is 1. The van der Waals surface area contributed by atoms with Crippen molar-refractivity contribution < 1.29 is 8.78 Å². The summed E-state index contributed by atoms with van der Waals surface area (Å²) in [6.45, 7) is 5.94. The van der Waals surface area contributed by atoms with E-state index in [0.717, 1.165) is 29.6 Å². The van der Waals surface area contributed by atoms with E-state index < -0.39 is 11.6 Å². The molecule has 19 heavy (non-hydrogen) atoms. The Morgan fingerprint density at radius 2 is 1.95 bits per heavy atom. The van der Waals surface area contributed by atoms with Gasteiger partial charge in [-0.15, -0.1) is 0 Å². The molecule has 0 aliphatic rings. The molecule has 2 rings (SSSR count). The number of aryl methyl sites for hydroxylation is 2. The third-order valence-corrected chi connectivity index (χ3v) is 2.90. The van der Waals surface area contributed by atoms with Gasteiger partial charge in [0.25, 0.3) is 0 Å². The van der Waals surface area contributed by atoms with E-state index in [1.54, 1.807) is 6.07 Å². The molecule has 2 aromatic rings. The third-order valence-electron chi connectivity index (χ3n) is 2.90. The zero-order chi connectivity index (χ0) is 13.8. The van der Waals surface area contributed by atoms with Gasteiger partial charge < -0.3 is 5.32 Å². The molecule has 0 atom stereocenters. The van der Waals surface area contributed by atoms with Crippen molar-refractivity contribution in [3.8, 4) is 0 Å². The number of nitrogens with zero attached hydrogens (tertiary/aromatic N) is 2. The topological polar surface area (TPSA) is 29.9 Å². The molecule has 0 aliphatic carbocycles. The first kappa shape index (κ1) is 13.7.